The summed E-state index contributed by atoms with van der Waals surface area (Å²) in [6, 6.07) is 0. The third kappa shape index (κ3) is 11.9. The first-order chi connectivity index (χ1) is 4.63. The zero-order valence-electron chi connectivity index (χ0n) is 5.63. The molecule has 0 bridgehead atoms. The van der Waals surface area contributed by atoms with E-state index in [1.807, 2.05) is 10.6 Å². The zero-order chi connectivity index (χ0) is 7.98. The van der Waals surface area contributed by atoms with Gasteiger partial charge in [-0.05, 0) is 0 Å². The molecule has 70 valence electrons. The van der Waals surface area contributed by atoms with Gasteiger partial charge in [-0.1, -0.05) is 0 Å². The predicted octanol–water partition coefficient (Wildman–Crippen LogP) is -0.811. The topological polar surface area (TPSA) is 130 Å². The summed E-state index contributed by atoms with van der Waals surface area (Å²) in [5.41, 5.74) is 0. The van der Waals surface area contributed by atoms with Crippen molar-refractivity contribution >= 4 is 12.2 Å². The Hall–Kier alpha value is -1.50. The summed E-state index contributed by atoms with van der Waals surface area (Å²) >= 11 is 0. The van der Waals surface area contributed by atoms with E-state index in [2.05, 4.69) is 0 Å². The van der Waals surface area contributed by atoms with Gasteiger partial charge in [0.15, 0.2) is 0 Å². The second-order valence-corrected chi connectivity index (χ2v) is 1.46. The molecule has 0 saturated heterocycles. The second-order valence-electron chi connectivity index (χ2n) is 1.46. The van der Waals surface area contributed by atoms with E-state index in [1.165, 1.54) is 0 Å². The smallest absolute Gasteiger partial charge is 0.404 e. The van der Waals surface area contributed by atoms with Gasteiger partial charge >= 0.3 is 12.2 Å². The minimum absolute atomic E-state index is 0. The molecule has 0 heterocycles. The van der Waals surface area contributed by atoms with Crippen molar-refractivity contribution in [3.8, 4) is 0 Å². The highest BCUT2D eigenvalue weighted by atomic mass is 16.4. The fraction of sp³-hybridized carbons (Fsp3) is 0.500. The molecule has 7 nitrogen and oxygen atoms in total. The highest BCUT2D eigenvalue weighted by molar-refractivity contribution is 5.65. The summed E-state index contributed by atoms with van der Waals surface area (Å²) in [5, 5.41) is 20.0. The predicted molar refractivity (Wildman–Crippen MR) is 39.9 cm³/mol. The Morgan fingerprint density at radius 1 is 1.09 bits per heavy atom. The number of hydrogen-bond acceptors (Lipinski definition) is 2. The van der Waals surface area contributed by atoms with Crippen molar-refractivity contribution in [1.82, 2.24) is 10.6 Å². The van der Waals surface area contributed by atoms with Gasteiger partial charge in [0.05, 0.1) is 0 Å². The van der Waals surface area contributed by atoms with Crippen molar-refractivity contribution < 1.29 is 28.1 Å². The number of hydrogen-bond donors (Lipinski definition) is 4. The Balaban J connectivity index is -0.000000135. The van der Waals surface area contributed by atoms with E-state index in [9.17, 15) is 9.59 Å². The van der Waals surface area contributed by atoms with Crippen molar-refractivity contribution in [2.45, 2.75) is 0 Å². The Labute approximate surface area is 65.3 Å². The number of rotatable bonds is 3. The minimum Gasteiger partial charge on any atom is -0.465 e. The van der Waals surface area contributed by atoms with Crippen LogP contribution in [0.4, 0.5) is 9.59 Å². The molecule has 0 fully saturated rings. The number of nitrogens with one attached hydrogen (secondary N) is 2. The van der Waals surface area contributed by atoms with Crippen LogP contribution in [0.25, 0.3) is 0 Å². The van der Waals surface area contributed by atoms with Crippen LogP contribution in [-0.2, 0) is 0 Å². The maximum atomic E-state index is 9.76. The van der Waals surface area contributed by atoms with Gasteiger partial charge in [0.1, 0.15) is 0 Å². The van der Waals surface area contributed by atoms with Crippen LogP contribution in [0, 0.1) is 0 Å². The fourth-order valence-electron chi connectivity index (χ4n) is 0.339. The molecule has 0 rings (SSSR count). The van der Waals surface area contributed by atoms with Crippen molar-refractivity contribution in [1.29, 1.82) is 0 Å². The summed E-state index contributed by atoms with van der Waals surface area (Å²) in [5.74, 6) is 0. The van der Waals surface area contributed by atoms with E-state index in [1.54, 1.807) is 0 Å². The molecule has 0 spiro atoms. The van der Waals surface area contributed by atoms with Crippen LogP contribution in [0.5, 0.6) is 0 Å². The van der Waals surface area contributed by atoms with Crippen LogP contribution in [0.2, 0.25) is 0 Å². The lowest BCUT2D eigenvalue weighted by atomic mass is 10.6. The summed E-state index contributed by atoms with van der Waals surface area (Å²) in [6.45, 7) is 0.170. The SMILES string of the molecule is O.O=C(O)NCCNC(=O)O.[HH].[HH]. The Morgan fingerprint density at radius 2 is 1.36 bits per heavy atom. The van der Waals surface area contributed by atoms with Gasteiger partial charge in [-0.3, -0.25) is 0 Å². The first kappa shape index (κ1) is 12.2. The average Bonchev–Trinajstić information content (AvgIpc) is 1.79. The number of carboxylic acid groups (broad SMARTS) is 2. The molecule has 0 aliphatic carbocycles. The lowest BCUT2D eigenvalue weighted by Gasteiger charge is -1.99. The zero-order valence-corrected chi connectivity index (χ0v) is 5.63. The van der Waals surface area contributed by atoms with E-state index < -0.39 is 12.2 Å². The van der Waals surface area contributed by atoms with Crippen LogP contribution in [0.1, 0.15) is 2.85 Å². The van der Waals surface area contributed by atoms with Gasteiger partial charge in [-0.25, -0.2) is 9.59 Å². The molecule has 0 aromatic rings. The molecule has 6 N–H and O–H groups in total. The molecule has 0 radical (unpaired) electrons. The lowest BCUT2D eigenvalue weighted by molar-refractivity contribution is 0.189. The molecule has 0 atom stereocenters. The second kappa shape index (κ2) is 6.62. The van der Waals surface area contributed by atoms with Crippen molar-refractivity contribution in [3.05, 3.63) is 0 Å². The van der Waals surface area contributed by atoms with Gasteiger partial charge < -0.3 is 26.3 Å². The Morgan fingerprint density at radius 3 is 1.55 bits per heavy atom. The van der Waals surface area contributed by atoms with Gasteiger partial charge in [-0.15, -0.1) is 0 Å². The number of amides is 2. The van der Waals surface area contributed by atoms with Gasteiger partial charge in [0.2, 0.25) is 0 Å². The Kier molecular flexibility index (Phi) is 7.34. The largest absolute Gasteiger partial charge is 0.465 e. The summed E-state index contributed by atoms with van der Waals surface area (Å²) in [4.78, 5) is 19.5. The molecule has 11 heavy (non-hydrogen) atoms. The third-order valence-electron chi connectivity index (χ3n) is 0.677. The standard InChI is InChI=1S/C4H8N2O4.H2O.2H2/c7-3(8)5-1-2-6-4(9)10;;;/h5-6H,1-2H2,(H,7,8)(H,9,10);1H2;2*1H. The lowest BCUT2D eigenvalue weighted by Crippen LogP contribution is -2.32. The van der Waals surface area contributed by atoms with E-state index in [0.29, 0.717) is 0 Å². The maximum Gasteiger partial charge on any atom is 0.404 e. The molecule has 0 aliphatic rings. The molecular formula is C4H14N2O5. The monoisotopic (exact) mass is 170 g/mol. The first-order valence-electron chi connectivity index (χ1n) is 2.56. The van der Waals surface area contributed by atoms with Gasteiger partial charge in [0.25, 0.3) is 0 Å². The average molecular weight is 170 g/mol. The first-order valence-corrected chi connectivity index (χ1v) is 2.56. The van der Waals surface area contributed by atoms with Gasteiger partial charge in [-0.2, -0.15) is 0 Å². The van der Waals surface area contributed by atoms with Crippen LogP contribution >= 0.6 is 0 Å². The van der Waals surface area contributed by atoms with Crippen molar-refractivity contribution in [2.75, 3.05) is 13.1 Å². The molecule has 0 saturated carbocycles. The summed E-state index contributed by atoms with van der Waals surface area (Å²) in [7, 11) is 0. The van der Waals surface area contributed by atoms with E-state index in [4.69, 9.17) is 10.2 Å². The van der Waals surface area contributed by atoms with E-state index >= 15 is 0 Å². The van der Waals surface area contributed by atoms with Crippen LogP contribution in [0.3, 0.4) is 0 Å². The highest BCUT2D eigenvalue weighted by Gasteiger charge is 1.94. The fourth-order valence-corrected chi connectivity index (χ4v) is 0.339. The Bertz CT molecular complexity index is 128. The quantitative estimate of drug-likeness (QED) is 0.412. The van der Waals surface area contributed by atoms with Crippen LogP contribution in [-0.4, -0.2) is 41.0 Å². The molecule has 7 heteroatoms. The molecule has 0 aliphatic heterocycles. The summed E-state index contributed by atoms with van der Waals surface area (Å²) in [6.07, 6.45) is -2.32. The minimum atomic E-state index is -1.16. The van der Waals surface area contributed by atoms with Crippen LogP contribution < -0.4 is 10.6 Å². The van der Waals surface area contributed by atoms with E-state index in [0.717, 1.165) is 0 Å². The molecular weight excluding hydrogens is 156 g/mol. The van der Waals surface area contributed by atoms with Crippen molar-refractivity contribution in [3.63, 3.8) is 0 Å². The maximum absolute atomic E-state index is 9.76. The summed E-state index contributed by atoms with van der Waals surface area (Å²) < 4.78 is 0. The van der Waals surface area contributed by atoms with E-state index in [-0.39, 0.29) is 21.4 Å². The molecule has 0 unspecified atom stereocenters. The molecule has 0 aromatic heterocycles. The van der Waals surface area contributed by atoms with Gasteiger partial charge in [0, 0.05) is 15.9 Å². The molecule has 0 aromatic carbocycles. The molecule has 2 amide bonds. The third-order valence-corrected chi connectivity index (χ3v) is 0.677. The highest BCUT2D eigenvalue weighted by Crippen LogP contribution is 1.62. The normalized spacial score (nSPS) is 7.64. The van der Waals surface area contributed by atoms with Crippen LogP contribution in [0.15, 0.2) is 0 Å². The number of carbonyl (C=O) groups is 2. The van der Waals surface area contributed by atoms with Crippen molar-refractivity contribution in [2.24, 2.45) is 0 Å².